The van der Waals surface area contributed by atoms with Crippen molar-refractivity contribution in [2.75, 3.05) is 13.1 Å². The summed E-state index contributed by atoms with van der Waals surface area (Å²) in [6.45, 7) is 7.25. The van der Waals surface area contributed by atoms with Gasteiger partial charge in [0, 0.05) is 24.7 Å². The van der Waals surface area contributed by atoms with E-state index in [0.29, 0.717) is 17.2 Å². The maximum atomic E-state index is 12.7. The highest BCUT2D eigenvalue weighted by molar-refractivity contribution is 5.95. The number of aryl methyl sites for hydroxylation is 3. The number of likely N-dealkylation sites (tertiary alicyclic amines) is 1. The van der Waals surface area contributed by atoms with Crippen LogP contribution in [0.15, 0.2) is 16.5 Å². The minimum atomic E-state index is 0.0707. The van der Waals surface area contributed by atoms with Crippen LogP contribution >= 0.6 is 0 Å². The summed E-state index contributed by atoms with van der Waals surface area (Å²) in [6, 6.07) is 3.91. The molecule has 21 heavy (non-hydrogen) atoms. The largest absolute Gasteiger partial charge is 0.466 e. The number of nitrogens with one attached hydrogen (secondary N) is 1. The lowest BCUT2D eigenvalue weighted by atomic mass is 9.94. The Morgan fingerprint density at radius 1 is 1.38 bits per heavy atom. The number of rotatable bonds is 2. The fourth-order valence-corrected chi connectivity index (χ4v) is 3.06. The van der Waals surface area contributed by atoms with E-state index in [9.17, 15) is 4.79 Å². The monoisotopic (exact) mass is 287 g/mol. The molecule has 1 N–H and O–H groups in total. The molecule has 2 aromatic rings. The van der Waals surface area contributed by atoms with Crippen LogP contribution in [0.1, 0.15) is 52.0 Å². The van der Waals surface area contributed by atoms with Crippen molar-refractivity contribution in [3.8, 4) is 0 Å². The third-order valence-corrected chi connectivity index (χ3v) is 4.12. The molecule has 1 saturated heterocycles. The molecule has 1 aliphatic rings. The second-order valence-electron chi connectivity index (χ2n) is 5.89. The average molecular weight is 287 g/mol. The van der Waals surface area contributed by atoms with E-state index in [1.54, 1.807) is 0 Å². The summed E-state index contributed by atoms with van der Waals surface area (Å²) >= 11 is 0. The Labute approximate surface area is 124 Å². The number of hydrogen-bond donors (Lipinski definition) is 1. The second-order valence-corrected chi connectivity index (χ2v) is 5.89. The molecular formula is C16H21N3O2. The number of H-pyrrole nitrogens is 1. The van der Waals surface area contributed by atoms with Crippen LogP contribution in [0.5, 0.6) is 0 Å². The first-order valence-electron chi connectivity index (χ1n) is 7.43. The Kier molecular flexibility index (Phi) is 3.57. The molecule has 1 fully saturated rings. The molecule has 0 saturated carbocycles. The first-order valence-corrected chi connectivity index (χ1v) is 7.43. The van der Waals surface area contributed by atoms with Crippen molar-refractivity contribution in [1.29, 1.82) is 0 Å². The van der Waals surface area contributed by atoms with Crippen LogP contribution in [0.2, 0.25) is 0 Å². The van der Waals surface area contributed by atoms with Crippen molar-refractivity contribution >= 4 is 5.91 Å². The lowest BCUT2D eigenvalue weighted by molar-refractivity contribution is 0.0704. The number of furan rings is 1. The molecule has 0 aliphatic carbocycles. The van der Waals surface area contributed by atoms with Crippen LogP contribution in [-0.4, -0.2) is 34.1 Å². The Balaban J connectivity index is 1.77. The first-order chi connectivity index (χ1) is 10.0. The number of carbonyl (C=O) groups is 1. The van der Waals surface area contributed by atoms with Gasteiger partial charge < -0.3 is 9.32 Å². The average Bonchev–Trinajstić information content (AvgIpc) is 3.04. The fourth-order valence-electron chi connectivity index (χ4n) is 3.06. The zero-order valence-corrected chi connectivity index (χ0v) is 12.8. The molecule has 0 radical (unpaired) electrons. The van der Waals surface area contributed by atoms with E-state index >= 15 is 0 Å². The van der Waals surface area contributed by atoms with Crippen molar-refractivity contribution in [3.05, 3.63) is 40.6 Å². The molecule has 0 unspecified atom stereocenters. The van der Waals surface area contributed by atoms with Crippen molar-refractivity contribution in [1.82, 2.24) is 15.1 Å². The molecule has 1 amide bonds. The Bertz CT molecular complexity index is 656. The van der Waals surface area contributed by atoms with E-state index in [-0.39, 0.29) is 5.91 Å². The van der Waals surface area contributed by atoms with Gasteiger partial charge in [0.1, 0.15) is 11.5 Å². The summed E-state index contributed by atoms with van der Waals surface area (Å²) in [7, 11) is 0. The van der Waals surface area contributed by atoms with Crippen LogP contribution in [0.25, 0.3) is 0 Å². The van der Waals surface area contributed by atoms with Crippen LogP contribution in [0, 0.1) is 20.8 Å². The van der Waals surface area contributed by atoms with Gasteiger partial charge in [-0.2, -0.15) is 5.10 Å². The predicted molar refractivity (Wildman–Crippen MR) is 79.4 cm³/mol. The topological polar surface area (TPSA) is 62.1 Å². The number of amides is 1. The molecule has 0 aromatic carbocycles. The number of piperidine rings is 1. The van der Waals surface area contributed by atoms with Gasteiger partial charge >= 0.3 is 0 Å². The van der Waals surface area contributed by atoms with Gasteiger partial charge in [-0.05, 0) is 45.7 Å². The van der Waals surface area contributed by atoms with Gasteiger partial charge in [0.2, 0.25) is 0 Å². The highest BCUT2D eigenvalue weighted by Gasteiger charge is 2.28. The Morgan fingerprint density at radius 2 is 2.19 bits per heavy atom. The quantitative estimate of drug-likeness (QED) is 0.923. The number of aromatic nitrogens is 2. The maximum absolute atomic E-state index is 12.7. The molecule has 1 atom stereocenters. The molecule has 3 heterocycles. The molecule has 5 nitrogen and oxygen atoms in total. The molecule has 1 aliphatic heterocycles. The van der Waals surface area contributed by atoms with E-state index in [0.717, 1.165) is 43.1 Å². The molecule has 5 heteroatoms. The van der Waals surface area contributed by atoms with Crippen LogP contribution in [0.3, 0.4) is 0 Å². The smallest absolute Gasteiger partial charge is 0.257 e. The van der Waals surface area contributed by atoms with E-state index in [4.69, 9.17) is 4.42 Å². The zero-order valence-electron chi connectivity index (χ0n) is 12.8. The van der Waals surface area contributed by atoms with Gasteiger partial charge in [0.25, 0.3) is 5.91 Å². The maximum Gasteiger partial charge on any atom is 0.257 e. The minimum Gasteiger partial charge on any atom is -0.466 e. The van der Waals surface area contributed by atoms with Gasteiger partial charge in [-0.1, -0.05) is 0 Å². The molecule has 3 rings (SSSR count). The van der Waals surface area contributed by atoms with Crippen molar-refractivity contribution in [2.24, 2.45) is 0 Å². The van der Waals surface area contributed by atoms with E-state index < -0.39 is 0 Å². The number of nitrogens with zero attached hydrogens (tertiary/aromatic N) is 2. The molecule has 0 spiro atoms. The predicted octanol–water partition coefficient (Wildman–Crippen LogP) is 2.95. The standard InChI is InChI=1S/C16H21N3O2/c1-10-7-15(18-17-10)13-5-4-6-19(9-13)16(20)14-8-11(2)21-12(14)3/h7-8,13H,4-6,9H2,1-3H3,(H,17,18)/t13-/m0/s1. The van der Waals surface area contributed by atoms with Crippen LogP contribution in [0.4, 0.5) is 0 Å². The molecule has 0 bridgehead atoms. The molecular weight excluding hydrogens is 266 g/mol. The zero-order chi connectivity index (χ0) is 15.0. The Morgan fingerprint density at radius 3 is 2.81 bits per heavy atom. The van der Waals surface area contributed by atoms with Crippen molar-refractivity contribution in [2.45, 2.75) is 39.5 Å². The van der Waals surface area contributed by atoms with Gasteiger partial charge in [-0.15, -0.1) is 0 Å². The lowest BCUT2D eigenvalue weighted by Crippen LogP contribution is -2.39. The van der Waals surface area contributed by atoms with Crippen molar-refractivity contribution < 1.29 is 9.21 Å². The summed E-state index contributed by atoms with van der Waals surface area (Å²) in [5.74, 6) is 1.88. The normalized spacial score (nSPS) is 19.0. The minimum absolute atomic E-state index is 0.0707. The summed E-state index contributed by atoms with van der Waals surface area (Å²) in [5.41, 5.74) is 2.81. The highest BCUT2D eigenvalue weighted by atomic mass is 16.3. The number of carbonyl (C=O) groups excluding carboxylic acids is 1. The summed E-state index contributed by atoms with van der Waals surface area (Å²) in [6.07, 6.45) is 2.09. The lowest BCUT2D eigenvalue weighted by Gasteiger charge is -2.31. The highest BCUT2D eigenvalue weighted by Crippen LogP contribution is 2.27. The van der Waals surface area contributed by atoms with E-state index in [1.807, 2.05) is 31.7 Å². The third-order valence-electron chi connectivity index (χ3n) is 4.12. The first kappa shape index (κ1) is 13.9. The van der Waals surface area contributed by atoms with Crippen molar-refractivity contribution in [3.63, 3.8) is 0 Å². The number of hydrogen-bond acceptors (Lipinski definition) is 3. The van der Waals surface area contributed by atoms with Crippen LogP contribution in [-0.2, 0) is 0 Å². The SMILES string of the molecule is Cc1cc([C@H]2CCCN(C(=O)c3cc(C)oc3C)C2)n[nH]1. The van der Waals surface area contributed by atoms with Gasteiger partial charge in [-0.3, -0.25) is 9.89 Å². The van der Waals surface area contributed by atoms with Gasteiger partial charge in [-0.25, -0.2) is 0 Å². The molecule has 2 aromatic heterocycles. The fraction of sp³-hybridized carbons (Fsp3) is 0.500. The Hall–Kier alpha value is -2.04. The molecule has 112 valence electrons. The van der Waals surface area contributed by atoms with Gasteiger partial charge in [0.15, 0.2) is 0 Å². The second kappa shape index (κ2) is 5.39. The third kappa shape index (κ3) is 2.73. The van der Waals surface area contributed by atoms with Crippen LogP contribution < -0.4 is 0 Å². The van der Waals surface area contributed by atoms with E-state index in [2.05, 4.69) is 16.3 Å². The summed E-state index contributed by atoms with van der Waals surface area (Å²) in [4.78, 5) is 14.6. The summed E-state index contributed by atoms with van der Waals surface area (Å²) in [5, 5.41) is 7.33. The number of aromatic amines is 1. The van der Waals surface area contributed by atoms with E-state index in [1.165, 1.54) is 0 Å². The summed E-state index contributed by atoms with van der Waals surface area (Å²) < 4.78 is 5.48. The van der Waals surface area contributed by atoms with Gasteiger partial charge in [0.05, 0.1) is 11.3 Å².